The van der Waals surface area contributed by atoms with E-state index in [1.54, 1.807) is 4.68 Å². The zero-order valence-corrected chi connectivity index (χ0v) is 38.9. The summed E-state index contributed by atoms with van der Waals surface area (Å²) in [6.07, 6.45) is -1.28. The van der Waals surface area contributed by atoms with Gasteiger partial charge in [-0.05, 0) is 112 Å². The van der Waals surface area contributed by atoms with Gasteiger partial charge in [0.2, 0.25) is 0 Å². The average molecular weight is 919 g/mol. The second-order valence-electron chi connectivity index (χ2n) is 19.8. The van der Waals surface area contributed by atoms with E-state index in [1.807, 2.05) is 0 Å². The van der Waals surface area contributed by atoms with Crippen molar-refractivity contribution in [2.75, 3.05) is 0 Å². The summed E-state index contributed by atoms with van der Waals surface area (Å²) in [5.74, 6) is 0. The number of aromatic nitrogens is 2. The second-order valence-corrected chi connectivity index (χ2v) is 19.8. The third kappa shape index (κ3) is 4.73. The summed E-state index contributed by atoms with van der Waals surface area (Å²) >= 11 is 0. The summed E-state index contributed by atoms with van der Waals surface area (Å²) in [6.45, 7) is 0. The Hall–Kier alpha value is -9.09. The molecule has 0 amide bonds. The minimum atomic E-state index is -1.28. The molecule has 11 aromatic rings. The van der Waals surface area contributed by atoms with Gasteiger partial charge in [0.05, 0.1) is 27.8 Å². The number of benzene rings is 10. The molecule has 5 aliphatic rings. The number of rotatable bonds is 4. The lowest BCUT2D eigenvalue weighted by atomic mass is 9.68. The highest BCUT2D eigenvalue weighted by Crippen LogP contribution is 2.68. The fourth-order valence-corrected chi connectivity index (χ4v) is 14.1. The van der Waals surface area contributed by atoms with Gasteiger partial charge >= 0.3 is 0 Å². The summed E-state index contributed by atoms with van der Waals surface area (Å²) in [6, 6.07) is 86.8. The Morgan fingerprint density at radius 2 is 0.694 bits per heavy atom. The normalized spacial score (nSPS) is 15.9. The van der Waals surface area contributed by atoms with Gasteiger partial charge in [0.15, 0.2) is 6.23 Å². The first-order valence-corrected chi connectivity index (χ1v) is 24.9. The van der Waals surface area contributed by atoms with Crippen LogP contribution in [0.2, 0.25) is 0 Å². The summed E-state index contributed by atoms with van der Waals surface area (Å²) in [4.78, 5) is 16.4. The molecule has 1 N–H and O–H groups in total. The van der Waals surface area contributed by atoms with Gasteiger partial charge in [0.1, 0.15) is 0 Å². The molecule has 2 spiro atoms. The van der Waals surface area contributed by atoms with E-state index in [4.69, 9.17) is 0 Å². The van der Waals surface area contributed by atoms with Gasteiger partial charge in [-0.25, -0.2) is 9.36 Å². The molecule has 1 atom stereocenters. The molecular weight excluding hydrogens is 877 g/mol. The molecule has 1 unspecified atom stereocenters. The van der Waals surface area contributed by atoms with Crippen LogP contribution in [0.3, 0.4) is 0 Å². The first kappa shape index (κ1) is 39.7. The van der Waals surface area contributed by atoms with Crippen LogP contribution in [-0.4, -0.2) is 14.5 Å². The van der Waals surface area contributed by atoms with Crippen molar-refractivity contribution in [3.8, 4) is 78.0 Å². The maximum Gasteiger partial charge on any atom is 0.275 e. The van der Waals surface area contributed by atoms with Crippen molar-refractivity contribution < 1.29 is 5.11 Å². The van der Waals surface area contributed by atoms with E-state index in [2.05, 4.69) is 247 Å². The SMILES string of the molecule is O=c1c2c(n3n1C(O)C1=C3c3ccc(-c4ccccc4-c4ccccc4)cc3C13c1ccccc1-c1ccccc13)-c1ccc(-c3ccccc3-c3ccccc3)cc1C21c2ccccc2-c2ccccc21. The fraction of sp³-hybridized carbons (Fsp3) is 0.0441. The van der Waals surface area contributed by atoms with E-state index in [0.29, 0.717) is 5.56 Å². The highest BCUT2D eigenvalue weighted by molar-refractivity contribution is 6.01. The quantitative estimate of drug-likeness (QED) is 0.191. The lowest BCUT2D eigenvalue weighted by molar-refractivity contribution is 0.120. The van der Waals surface area contributed by atoms with E-state index >= 15 is 4.79 Å². The maximum atomic E-state index is 16.4. The van der Waals surface area contributed by atoms with Crippen molar-refractivity contribution in [2.24, 2.45) is 0 Å². The topological polar surface area (TPSA) is 47.2 Å². The number of fused-ring (bicyclic) bond motifs is 22. The van der Waals surface area contributed by atoms with E-state index < -0.39 is 17.1 Å². The standard InChI is InChI=1S/C68H42N2O2/c71-65-61-63(53-37-35-43(47-25-9-7-23-45(47)41-19-3-1-4-20-41)39-59(53)67(61)55-31-15-11-27-49(55)50-28-12-16-32-56(50)67)69-64-54-38-36-44(48-26-10-8-24-46(48)42-21-5-2-6-22-42)40-60(54)68(62(64)66(72)70(65)69)57-33-17-13-29-51(57)52-30-14-18-34-58(52)68/h1-40,65,71H. The van der Waals surface area contributed by atoms with Crippen molar-refractivity contribution in [3.05, 3.63) is 303 Å². The molecule has 1 aromatic heterocycles. The molecular formula is C68H42N2O2. The lowest BCUT2D eigenvalue weighted by Gasteiger charge is -2.34. The molecule has 0 saturated heterocycles. The first-order valence-electron chi connectivity index (χ1n) is 24.9. The van der Waals surface area contributed by atoms with Gasteiger partial charge in [0, 0.05) is 16.7 Å². The Morgan fingerprint density at radius 1 is 0.333 bits per heavy atom. The molecule has 0 saturated carbocycles. The van der Waals surface area contributed by atoms with E-state index in [1.165, 1.54) is 0 Å². The monoisotopic (exact) mass is 918 g/mol. The molecule has 4 heteroatoms. The largest absolute Gasteiger partial charge is 0.368 e. The maximum absolute atomic E-state index is 16.4. The summed E-state index contributed by atoms with van der Waals surface area (Å²) in [5, 5.41) is 13.6. The van der Waals surface area contributed by atoms with Crippen molar-refractivity contribution in [2.45, 2.75) is 17.1 Å². The first-order chi connectivity index (χ1) is 35.6. The van der Waals surface area contributed by atoms with Crippen LogP contribution >= 0.6 is 0 Å². The fourth-order valence-electron chi connectivity index (χ4n) is 14.1. The van der Waals surface area contributed by atoms with E-state index in [0.717, 1.165) is 128 Å². The smallest absolute Gasteiger partial charge is 0.275 e. The molecule has 0 radical (unpaired) electrons. The molecule has 72 heavy (non-hydrogen) atoms. The summed E-state index contributed by atoms with van der Waals surface area (Å²) < 4.78 is 3.83. The molecule has 336 valence electrons. The molecule has 4 aliphatic carbocycles. The zero-order chi connectivity index (χ0) is 47.5. The number of hydrogen-bond acceptors (Lipinski definition) is 2. The minimum absolute atomic E-state index is 0.189. The Kier molecular flexibility index (Phi) is 7.87. The zero-order valence-electron chi connectivity index (χ0n) is 38.9. The van der Waals surface area contributed by atoms with Crippen molar-refractivity contribution in [3.63, 3.8) is 0 Å². The van der Waals surface area contributed by atoms with Crippen LogP contribution in [0.25, 0.3) is 83.7 Å². The predicted octanol–water partition coefficient (Wildman–Crippen LogP) is 14.8. The molecule has 16 rings (SSSR count). The lowest BCUT2D eigenvalue weighted by Crippen LogP contribution is -2.37. The van der Waals surface area contributed by atoms with Gasteiger partial charge in [-0.3, -0.25) is 4.79 Å². The van der Waals surface area contributed by atoms with Gasteiger partial charge in [-0.2, -0.15) is 0 Å². The Bertz CT molecular complexity index is 4180. The van der Waals surface area contributed by atoms with Crippen LogP contribution in [0, 0.1) is 0 Å². The van der Waals surface area contributed by atoms with Crippen molar-refractivity contribution in [1.29, 1.82) is 0 Å². The molecule has 1 aliphatic heterocycles. The van der Waals surface area contributed by atoms with Crippen LogP contribution in [0.5, 0.6) is 0 Å². The average Bonchev–Trinajstić information content (AvgIpc) is 4.25. The third-order valence-electron chi connectivity index (χ3n) is 16.7. The predicted molar refractivity (Wildman–Crippen MR) is 289 cm³/mol. The van der Waals surface area contributed by atoms with Crippen molar-refractivity contribution in [1.82, 2.24) is 9.36 Å². The number of hydrogen-bond donors (Lipinski definition) is 1. The summed E-state index contributed by atoms with van der Waals surface area (Å²) in [5.41, 5.74) is 23.2. The number of aliphatic hydroxyl groups is 1. The number of aliphatic hydroxyl groups excluding tert-OH is 1. The molecule has 2 heterocycles. The number of nitrogens with zero attached hydrogens (tertiary/aromatic N) is 2. The van der Waals surface area contributed by atoms with Crippen LogP contribution in [0.4, 0.5) is 0 Å². The van der Waals surface area contributed by atoms with Crippen LogP contribution in [0.15, 0.2) is 253 Å². The minimum Gasteiger partial charge on any atom is -0.368 e. The molecule has 0 fully saturated rings. The Morgan fingerprint density at radius 3 is 1.15 bits per heavy atom. The summed E-state index contributed by atoms with van der Waals surface area (Å²) in [7, 11) is 0. The van der Waals surface area contributed by atoms with Crippen LogP contribution in [-0.2, 0) is 10.8 Å². The Labute approximate surface area is 416 Å². The molecule has 4 nitrogen and oxygen atoms in total. The molecule has 10 aromatic carbocycles. The highest BCUT2D eigenvalue weighted by Gasteiger charge is 2.62. The van der Waals surface area contributed by atoms with Crippen LogP contribution in [0.1, 0.15) is 50.7 Å². The Balaban J connectivity index is 1.02. The third-order valence-corrected chi connectivity index (χ3v) is 16.7. The van der Waals surface area contributed by atoms with Gasteiger partial charge in [-0.1, -0.05) is 231 Å². The van der Waals surface area contributed by atoms with E-state index in [-0.39, 0.29) is 5.56 Å². The molecule has 0 bridgehead atoms. The van der Waals surface area contributed by atoms with Gasteiger partial charge in [-0.15, -0.1) is 0 Å². The van der Waals surface area contributed by atoms with Crippen molar-refractivity contribution >= 4 is 5.70 Å². The van der Waals surface area contributed by atoms with Crippen LogP contribution < -0.4 is 5.56 Å². The highest BCUT2D eigenvalue weighted by atomic mass is 16.3. The second kappa shape index (κ2) is 14.3. The van der Waals surface area contributed by atoms with Gasteiger partial charge < -0.3 is 5.11 Å². The van der Waals surface area contributed by atoms with E-state index in [9.17, 15) is 5.11 Å². The van der Waals surface area contributed by atoms with Gasteiger partial charge in [0.25, 0.3) is 5.56 Å².